The van der Waals surface area contributed by atoms with Gasteiger partial charge in [0.1, 0.15) is 17.8 Å². The first-order valence-corrected chi connectivity index (χ1v) is 7.31. The molecule has 1 aromatic heterocycles. The Hall–Kier alpha value is -3.08. The Kier molecular flexibility index (Phi) is 4.10. The lowest BCUT2D eigenvalue weighted by Gasteiger charge is -2.13. The molecule has 5 heteroatoms. The maximum absolute atomic E-state index is 6.15. The Bertz CT molecular complexity index is 819. The van der Waals surface area contributed by atoms with Crippen LogP contribution in [-0.2, 0) is 0 Å². The van der Waals surface area contributed by atoms with Crippen molar-refractivity contribution in [3.8, 4) is 11.6 Å². The Morgan fingerprint density at radius 2 is 1.78 bits per heavy atom. The third-order valence-electron chi connectivity index (χ3n) is 3.45. The number of nitrogens with two attached hydrogens (primary N) is 1. The molecule has 0 aliphatic carbocycles. The number of rotatable bonds is 4. The number of para-hydroxylation sites is 1. The molecular weight excluding hydrogens is 288 g/mol. The summed E-state index contributed by atoms with van der Waals surface area (Å²) < 4.78 is 5.73. The summed E-state index contributed by atoms with van der Waals surface area (Å²) in [5.74, 6) is 1.54. The van der Waals surface area contributed by atoms with E-state index in [1.54, 1.807) is 0 Å². The third-order valence-corrected chi connectivity index (χ3v) is 3.45. The van der Waals surface area contributed by atoms with Crippen LogP contribution in [0.15, 0.2) is 54.9 Å². The number of aryl methyl sites for hydroxylation is 2. The van der Waals surface area contributed by atoms with Gasteiger partial charge in [-0.15, -0.1) is 0 Å². The molecule has 1 heterocycles. The lowest BCUT2D eigenvalue weighted by atomic mass is 10.1. The summed E-state index contributed by atoms with van der Waals surface area (Å²) in [7, 11) is 0. The van der Waals surface area contributed by atoms with Crippen LogP contribution in [0.4, 0.5) is 17.2 Å². The van der Waals surface area contributed by atoms with Crippen molar-refractivity contribution in [2.24, 2.45) is 0 Å². The van der Waals surface area contributed by atoms with Crippen LogP contribution in [0, 0.1) is 13.8 Å². The van der Waals surface area contributed by atoms with Gasteiger partial charge in [-0.3, -0.25) is 0 Å². The van der Waals surface area contributed by atoms with Crippen LogP contribution in [0.5, 0.6) is 11.6 Å². The average molecular weight is 306 g/mol. The van der Waals surface area contributed by atoms with Crippen LogP contribution in [0.25, 0.3) is 0 Å². The predicted molar refractivity (Wildman–Crippen MR) is 92.2 cm³/mol. The highest BCUT2D eigenvalue weighted by atomic mass is 16.5. The number of ether oxygens (including phenoxy) is 1. The summed E-state index contributed by atoms with van der Waals surface area (Å²) in [6.45, 7) is 4.07. The molecule has 23 heavy (non-hydrogen) atoms. The number of nitrogens with zero attached hydrogens (tertiary/aromatic N) is 2. The maximum atomic E-state index is 6.15. The molecule has 0 aliphatic heterocycles. The minimum Gasteiger partial charge on any atom is -0.437 e. The molecular formula is C18H18N4O. The molecule has 0 spiro atoms. The minimum absolute atomic E-state index is 0.332. The fraction of sp³-hybridized carbons (Fsp3) is 0.111. The van der Waals surface area contributed by atoms with Gasteiger partial charge in [-0.25, -0.2) is 4.98 Å². The fourth-order valence-corrected chi connectivity index (χ4v) is 2.16. The average Bonchev–Trinajstić information content (AvgIpc) is 2.55. The first-order chi connectivity index (χ1) is 11.1. The van der Waals surface area contributed by atoms with Crippen LogP contribution in [-0.4, -0.2) is 9.97 Å². The first-order valence-electron chi connectivity index (χ1n) is 7.31. The zero-order valence-corrected chi connectivity index (χ0v) is 13.1. The van der Waals surface area contributed by atoms with Crippen molar-refractivity contribution in [1.82, 2.24) is 9.97 Å². The van der Waals surface area contributed by atoms with E-state index in [0.29, 0.717) is 23.1 Å². The molecule has 0 bridgehead atoms. The van der Waals surface area contributed by atoms with Gasteiger partial charge in [-0.2, -0.15) is 4.98 Å². The highest BCUT2D eigenvalue weighted by Gasteiger charge is 2.11. The van der Waals surface area contributed by atoms with Gasteiger partial charge in [0, 0.05) is 5.69 Å². The van der Waals surface area contributed by atoms with E-state index in [9.17, 15) is 0 Å². The lowest BCUT2D eigenvalue weighted by molar-refractivity contribution is 0.464. The van der Waals surface area contributed by atoms with Crippen molar-refractivity contribution >= 4 is 17.2 Å². The van der Waals surface area contributed by atoms with Gasteiger partial charge in [0.15, 0.2) is 5.82 Å². The van der Waals surface area contributed by atoms with Gasteiger partial charge in [-0.1, -0.05) is 30.3 Å². The molecule has 0 amide bonds. The summed E-state index contributed by atoms with van der Waals surface area (Å²) in [5.41, 5.74) is 9.76. The molecule has 2 aromatic carbocycles. The monoisotopic (exact) mass is 306 g/mol. The van der Waals surface area contributed by atoms with Gasteiger partial charge < -0.3 is 15.8 Å². The molecule has 0 atom stereocenters. The topological polar surface area (TPSA) is 73.1 Å². The van der Waals surface area contributed by atoms with Crippen molar-refractivity contribution in [3.05, 3.63) is 66.0 Å². The van der Waals surface area contributed by atoms with Gasteiger partial charge in [-0.05, 0) is 43.2 Å². The highest BCUT2D eigenvalue weighted by molar-refractivity contribution is 5.73. The zero-order valence-electron chi connectivity index (χ0n) is 13.1. The molecule has 116 valence electrons. The van der Waals surface area contributed by atoms with Gasteiger partial charge in [0.2, 0.25) is 5.88 Å². The van der Waals surface area contributed by atoms with Gasteiger partial charge in [0.25, 0.3) is 0 Å². The summed E-state index contributed by atoms with van der Waals surface area (Å²) in [4.78, 5) is 8.34. The van der Waals surface area contributed by atoms with E-state index < -0.39 is 0 Å². The largest absolute Gasteiger partial charge is 0.437 e. The number of nitrogens with one attached hydrogen (secondary N) is 1. The van der Waals surface area contributed by atoms with Crippen LogP contribution < -0.4 is 15.8 Å². The highest BCUT2D eigenvalue weighted by Crippen LogP contribution is 2.31. The SMILES string of the molecule is Cc1ccc(C)c(Nc2ncnc(Oc3ccccc3)c2N)c1. The molecule has 0 unspecified atom stereocenters. The molecule has 3 N–H and O–H groups in total. The molecule has 3 aromatic rings. The molecule has 0 aliphatic rings. The predicted octanol–water partition coefficient (Wildman–Crippen LogP) is 4.21. The fourth-order valence-electron chi connectivity index (χ4n) is 2.16. The van der Waals surface area contributed by atoms with E-state index >= 15 is 0 Å². The second-order valence-corrected chi connectivity index (χ2v) is 5.30. The first kappa shape index (κ1) is 14.8. The van der Waals surface area contributed by atoms with Crippen LogP contribution in [0.1, 0.15) is 11.1 Å². The van der Waals surface area contributed by atoms with Gasteiger partial charge in [0.05, 0.1) is 0 Å². The standard InChI is InChI=1S/C18H18N4O/c1-12-8-9-13(2)15(10-12)22-17-16(19)18(21-11-20-17)23-14-6-4-3-5-7-14/h3-11H,19H2,1-2H3,(H,20,21,22). The summed E-state index contributed by atoms with van der Waals surface area (Å²) >= 11 is 0. The number of hydrogen-bond donors (Lipinski definition) is 2. The quantitative estimate of drug-likeness (QED) is 0.755. The Balaban J connectivity index is 1.89. The summed E-state index contributed by atoms with van der Waals surface area (Å²) in [5, 5.41) is 3.25. The van der Waals surface area contributed by atoms with E-state index in [1.807, 2.05) is 44.2 Å². The van der Waals surface area contributed by atoms with E-state index in [4.69, 9.17) is 10.5 Å². The molecule has 0 radical (unpaired) electrons. The third kappa shape index (κ3) is 3.40. The lowest BCUT2D eigenvalue weighted by Crippen LogP contribution is -2.04. The second-order valence-electron chi connectivity index (χ2n) is 5.30. The molecule has 0 saturated carbocycles. The molecule has 0 fully saturated rings. The van der Waals surface area contributed by atoms with Crippen molar-refractivity contribution in [2.75, 3.05) is 11.1 Å². The van der Waals surface area contributed by atoms with E-state index in [2.05, 4.69) is 33.5 Å². The molecule has 0 saturated heterocycles. The Morgan fingerprint density at radius 1 is 1.00 bits per heavy atom. The normalized spacial score (nSPS) is 10.3. The number of aromatic nitrogens is 2. The van der Waals surface area contributed by atoms with Crippen molar-refractivity contribution in [1.29, 1.82) is 0 Å². The zero-order chi connectivity index (χ0) is 16.2. The smallest absolute Gasteiger partial charge is 0.248 e. The molecule has 3 rings (SSSR count). The Labute approximate surface area is 135 Å². The number of anilines is 3. The number of hydrogen-bond acceptors (Lipinski definition) is 5. The Morgan fingerprint density at radius 3 is 2.57 bits per heavy atom. The van der Waals surface area contributed by atoms with Crippen molar-refractivity contribution < 1.29 is 4.74 Å². The van der Waals surface area contributed by atoms with Crippen molar-refractivity contribution in [3.63, 3.8) is 0 Å². The summed E-state index contributed by atoms with van der Waals surface area (Å²) in [6.07, 6.45) is 1.43. The van der Waals surface area contributed by atoms with Gasteiger partial charge >= 0.3 is 0 Å². The van der Waals surface area contributed by atoms with E-state index in [-0.39, 0.29) is 0 Å². The minimum atomic E-state index is 0.332. The maximum Gasteiger partial charge on any atom is 0.248 e. The van der Waals surface area contributed by atoms with Crippen LogP contribution in [0.3, 0.4) is 0 Å². The summed E-state index contributed by atoms with van der Waals surface area (Å²) in [6, 6.07) is 15.6. The number of nitrogen functional groups attached to an aromatic ring is 1. The molecule has 5 nitrogen and oxygen atoms in total. The van der Waals surface area contributed by atoms with Crippen LogP contribution >= 0.6 is 0 Å². The number of benzene rings is 2. The van der Waals surface area contributed by atoms with Crippen LogP contribution in [0.2, 0.25) is 0 Å². The van der Waals surface area contributed by atoms with E-state index in [1.165, 1.54) is 6.33 Å². The second kappa shape index (κ2) is 6.36. The van der Waals surface area contributed by atoms with Crippen molar-refractivity contribution in [2.45, 2.75) is 13.8 Å². The van der Waals surface area contributed by atoms with E-state index in [0.717, 1.165) is 16.8 Å².